The number of amides is 1. The molecule has 0 bridgehead atoms. The molecule has 0 spiro atoms. The van der Waals surface area contributed by atoms with Crippen LogP contribution in [0.1, 0.15) is 38.8 Å². The number of carbonyl (C=O) groups is 1. The van der Waals surface area contributed by atoms with E-state index in [2.05, 4.69) is 51.2 Å². The van der Waals surface area contributed by atoms with E-state index in [-0.39, 0.29) is 11.9 Å². The maximum Gasteiger partial charge on any atom is 0.258 e. The van der Waals surface area contributed by atoms with Crippen molar-refractivity contribution in [3.8, 4) is 17.5 Å². The van der Waals surface area contributed by atoms with Crippen LogP contribution in [0.2, 0.25) is 0 Å². The highest BCUT2D eigenvalue weighted by Gasteiger charge is 2.35. The molecule has 190 valence electrons. The molecule has 3 aromatic carbocycles. The van der Waals surface area contributed by atoms with Crippen molar-refractivity contribution in [3.63, 3.8) is 0 Å². The first-order valence-electron chi connectivity index (χ1n) is 13.0. The van der Waals surface area contributed by atoms with Crippen LogP contribution in [-0.2, 0) is 7.05 Å². The van der Waals surface area contributed by atoms with E-state index in [0.717, 1.165) is 71.3 Å². The van der Waals surface area contributed by atoms with Gasteiger partial charge in [-0.25, -0.2) is 4.98 Å². The predicted octanol–water partition coefficient (Wildman–Crippen LogP) is 4.77. The number of imidazole rings is 1. The molecule has 6 rings (SSSR count). The van der Waals surface area contributed by atoms with Gasteiger partial charge in [-0.2, -0.15) is 5.26 Å². The van der Waals surface area contributed by atoms with E-state index in [9.17, 15) is 10.1 Å². The van der Waals surface area contributed by atoms with Crippen molar-refractivity contribution in [3.05, 3.63) is 101 Å². The van der Waals surface area contributed by atoms with E-state index in [0.29, 0.717) is 5.56 Å². The topological polar surface area (TPSA) is 68.4 Å². The Labute approximate surface area is 223 Å². The van der Waals surface area contributed by atoms with Crippen LogP contribution in [0.4, 0.5) is 11.4 Å². The summed E-state index contributed by atoms with van der Waals surface area (Å²) in [6.45, 7) is 5.19. The molecule has 7 nitrogen and oxygen atoms in total. The molecule has 1 amide bonds. The first-order chi connectivity index (χ1) is 18.5. The lowest BCUT2D eigenvalue weighted by atomic mass is 9.93. The van der Waals surface area contributed by atoms with Crippen molar-refractivity contribution in [1.29, 1.82) is 5.26 Å². The molecule has 2 aliphatic rings. The Morgan fingerprint density at radius 2 is 1.61 bits per heavy atom. The molecule has 38 heavy (non-hydrogen) atoms. The van der Waals surface area contributed by atoms with Gasteiger partial charge in [0.05, 0.1) is 23.0 Å². The molecule has 1 unspecified atom stereocenters. The summed E-state index contributed by atoms with van der Waals surface area (Å²) >= 11 is 0. The molecule has 1 atom stereocenters. The molecule has 0 saturated carbocycles. The second-order valence-corrected chi connectivity index (χ2v) is 10.1. The van der Waals surface area contributed by atoms with Gasteiger partial charge in [0.25, 0.3) is 5.91 Å². The number of nitriles is 1. The number of carbonyl (C=O) groups excluding carboxylic acids is 1. The molecule has 3 heterocycles. The number of aromatic nitrogens is 2. The zero-order chi connectivity index (χ0) is 26.4. The summed E-state index contributed by atoms with van der Waals surface area (Å²) in [5.41, 5.74) is 7.42. The number of fused-ring (bicyclic) bond motifs is 2. The minimum atomic E-state index is -0.0112. The normalized spacial score (nSPS) is 17.5. The lowest BCUT2D eigenvalue weighted by Crippen LogP contribution is -2.48. The zero-order valence-corrected chi connectivity index (χ0v) is 21.9. The quantitative estimate of drug-likeness (QED) is 0.404. The monoisotopic (exact) mass is 502 g/mol. The van der Waals surface area contributed by atoms with Gasteiger partial charge in [0.2, 0.25) is 0 Å². The Morgan fingerprint density at radius 1 is 0.895 bits per heavy atom. The van der Waals surface area contributed by atoms with Crippen molar-refractivity contribution >= 4 is 17.3 Å². The Kier molecular flexibility index (Phi) is 5.97. The second-order valence-electron chi connectivity index (χ2n) is 10.1. The third-order valence-corrected chi connectivity index (χ3v) is 7.78. The Bertz CT molecular complexity index is 1570. The zero-order valence-electron chi connectivity index (χ0n) is 21.9. The van der Waals surface area contributed by atoms with Crippen LogP contribution in [0.15, 0.2) is 72.9 Å². The maximum atomic E-state index is 13.4. The van der Waals surface area contributed by atoms with Gasteiger partial charge in [-0.15, -0.1) is 0 Å². The average molecular weight is 503 g/mol. The van der Waals surface area contributed by atoms with Crippen molar-refractivity contribution in [2.24, 2.45) is 7.05 Å². The fourth-order valence-corrected chi connectivity index (χ4v) is 5.95. The van der Waals surface area contributed by atoms with E-state index >= 15 is 0 Å². The predicted molar refractivity (Wildman–Crippen MR) is 149 cm³/mol. The van der Waals surface area contributed by atoms with Gasteiger partial charge in [-0.3, -0.25) is 9.69 Å². The van der Waals surface area contributed by atoms with E-state index in [1.54, 1.807) is 4.90 Å². The van der Waals surface area contributed by atoms with Crippen LogP contribution in [0.25, 0.3) is 11.4 Å². The van der Waals surface area contributed by atoms with Gasteiger partial charge in [-0.05, 0) is 48.4 Å². The largest absolute Gasteiger partial charge is 0.368 e. The summed E-state index contributed by atoms with van der Waals surface area (Å²) in [6.07, 6.45) is 1.99. The number of rotatable bonds is 3. The van der Waals surface area contributed by atoms with Gasteiger partial charge in [-0.1, -0.05) is 36.4 Å². The third-order valence-electron chi connectivity index (χ3n) is 7.78. The van der Waals surface area contributed by atoms with Crippen LogP contribution in [0, 0.1) is 18.3 Å². The number of piperazine rings is 1. The molecule has 0 aliphatic carbocycles. The molecule has 0 N–H and O–H groups in total. The Hall–Kier alpha value is -4.41. The van der Waals surface area contributed by atoms with Gasteiger partial charge in [0.1, 0.15) is 11.9 Å². The fourth-order valence-electron chi connectivity index (χ4n) is 5.95. The van der Waals surface area contributed by atoms with Crippen LogP contribution >= 0.6 is 0 Å². The highest BCUT2D eigenvalue weighted by molar-refractivity contribution is 6.08. The van der Waals surface area contributed by atoms with Gasteiger partial charge in [0, 0.05) is 63.3 Å². The number of anilines is 2. The van der Waals surface area contributed by atoms with Crippen molar-refractivity contribution in [2.75, 3.05) is 43.0 Å². The average Bonchev–Trinajstić information content (AvgIpc) is 3.26. The summed E-state index contributed by atoms with van der Waals surface area (Å²) in [5.74, 6) is 0.886. The lowest BCUT2D eigenvalue weighted by Gasteiger charge is -2.41. The number of para-hydroxylation sites is 1. The van der Waals surface area contributed by atoms with Gasteiger partial charge in [0.15, 0.2) is 0 Å². The molecule has 4 aromatic rings. The first kappa shape index (κ1) is 24.0. The molecular formula is C31H30N6O. The van der Waals surface area contributed by atoms with E-state index < -0.39 is 0 Å². The van der Waals surface area contributed by atoms with Crippen molar-refractivity contribution in [2.45, 2.75) is 13.0 Å². The molecule has 2 aliphatic heterocycles. The summed E-state index contributed by atoms with van der Waals surface area (Å²) in [6, 6.07) is 24.7. The molecule has 1 fully saturated rings. The fraction of sp³-hybridized carbons (Fsp3) is 0.258. The minimum Gasteiger partial charge on any atom is -0.368 e. The minimum absolute atomic E-state index is 0.0112. The summed E-state index contributed by atoms with van der Waals surface area (Å²) in [7, 11) is 3.83. The second kappa shape index (κ2) is 9.47. The molecule has 1 saturated heterocycles. The maximum absolute atomic E-state index is 13.4. The molecule has 7 heteroatoms. The summed E-state index contributed by atoms with van der Waals surface area (Å²) in [4.78, 5) is 24.5. The SMILES string of the molecule is Cc1cn(C)c(-c2ccc(N3CCN(C4c5ccccc5C(=O)N(C)c5ccccc54)CC3)c(C#N)c2)n1. The van der Waals surface area contributed by atoms with Crippen molar-refractivity contribution in [1.82, 2.24) is 14.5 Å². The van der Waals surface area contributed by atoms with E-state index in [4.69, 9.17) is 0 Å². The number of aryl methyl sites for hydroxylation is 2. The van der Waals surface area contributed by atoms with Crippen molar-refractivity contribution < 1.29 is 4.79 Å². The Balaban J connectivity index is 1.30. The van der Waals surface area contributed by atoms with Crippen LogP contribution in [0.3, 0.4) is 0 Å². The number of hydrogen-bond acceptors (Lipinski definition) is 5. The lowest BCUT2D eigenvalue weighted by molar-refractivity contribution is 0.0992. The molecular weight excluding hydrogens is 472 g/mol. The Morgan fingerprint density at radius 3 is 2.32 bits per heavy atom. The standard InChI is InChI=1S/C31H30N6O/c1-21-20-34(2)30(33-21)22-12-13-27(23(18-22)19-32)36-14-16-37(17-15-36)29-24-8-4-5-9-25(24)31(38)35(3)28-11-7-6-10-26(28)29/h4-13,18,20,29H,14-17H2,1-3H3. The van der Waals surface area contributed by atoms with E-state index in [1.165, 1.54) is 0 Å². The highest BCUT2D eigenvalue weighted by atomic mass is 16.2. The highest BCUT2D eigenvalue weighted by Crippen LogP contribution is 2.40. The number of hydrogen-bond donors (Lipinski definition) is 0. The molecule has 1 aromatic heterocycles. The number of nitrogens with zero attached hydrogens (tertiary/aromatic N) is 6. The van der Waals surface area contributed by atoms with Crippen LogP contribution in [-0.4, -0.2) is 53.6 Å². The summed E-state index contributed by atoms with van der Waals surface area (Å²) in [5, 5.41) is 10.00. The van der Waals surface area contributed by atoms with Gasteiger partial charge >= 0.3 is 0 Å². The van der Waals surface area contributed by atoms with Crippen LogP contribution < -0.4 is 9.80 Å². The van der Waals surface area contributed by atoms with Crippen LogP contribution in [0.5, 0.6) is 0 Å². The summed E-state index contributed by atoms with van der Waals surface area (Å²) < 4.78 is 1.99. The first-order valence-corrected chi connectivity index (χ1v) is 13.0. The third kappa shape index (κ3) is 3.94. The number of benzene rings is 3. The molecule has 0 radical (unpaired) electrons. The smallest absolute Gasteiger partial charge is 0.258 e. The van der Waals surface area contributed by atoms with E-state index in [1.807, 2.05) is 68.2 Å². The van der Waals surface area contributed by atoms with Gasteiger partial charge < -0.3 is 14.4 Å².